The van der Waals surface area contributed by atoms with E-state index >= 15 is 0 Å². The van der Waals surface area contributed by atoms with Gasteiger partial charge < -0.3 is 5.32 Å². The highest BCUT2D eigenvalue weighted by Crippen LogP contribution is 2.44. The molecule has 76 valence electrons. The van der Waals surface area contributed by atoms with E-state index in [9.17, 15) is 0 Å². The molecule has 0 spiro atoms. The molecule has 0 aromatic heterocycles. The Morgan fingerprint density at radius 3 is 2.43 bits per heavy atom. The van der Waals surface area contributed by atoms with E-state index in [-0.39, 0.29) is 0 Å². The van der Waals surface area contributed by atoms with E-state index in [2.05, 4.69) is 50.4 Å². The van der Waals surface area contributed by atoms with Crippen LogP contribution in [0.4, 0.5) is 0 Å². The Balaban J connectivity index is 2.37. The molecule has 1 aromatic carbocycles. The monoisotopic (exact) mass is 189 g/mol. The van der Waals surface area contributed by atoms with Gasteiger partial charge in [-0.15, -0.1) is 0 Å². The SMILES string of the molecule is CCNC1c2ccccc2C(C)C1C. The van der Waals surface area contributed by atoms with Crippen molar-refractivity contribution in [3.05, 3.63) is 35.4 Å². The van der Waals surface area contributed by atoms with Crippen molar-refractivity contribution in [3.8, 4) is 0 Å². The summed E-state index contributed by atoms with van der Waals surface area (Å²) in [4.78, 5) is 0. The van der Waals surface area contributed by atoms with Gasteiger partial charge in [0.1, 0.15) is 0 Å². The minimum atomic E-state index is 0.561. The first-order valence-electron chi connectivity index (χ1n) is 5.58. The fraction of sp³-hybridized carbons (Fsp3) is 0.538. The fourth-order valence-corrected chi connectivity index (χ4v) is 2.58. The Morgan fingerprint density at radius 2 is 1.79 bits per heavy atom. The van der Waals surface area contributed by atoms with E-state index in [4.69, 9.17) is 0 Å². The highest BCUT2D eigenvalue weighted by Gasteiger charge is 2.33. The molecule has 0 radical (unpaired) electrons. The van der Waals surface area contributed by atoms with Gasteiger partial charge in [-0.2, -0.15) is 0 Å². The summed E-state index contributed by atoms with van der Waals surface area (Å²) < 4.78 is 0. The van der Waals surface area contributed by atoms with Gasteiger partial charge in [0, 0.05) is 6.04 Å². The molecule has 0 bridgehead atoms. The molecule has 0 aliphatic heterocycles. The smallest absolute Gasteiger partial charge is 0.0354 e. The molecule has 0 amide bonds. The van der Waals surface area contributed by atoms with Crippen molar-refractivity contribution < 1.29 is 0 Å². The maximum Gasteiger partial charge on any atom is 0.0354 e. The van der Waals surface area contributed by atoms with Gasteiger partial charge in [-0.3, -0.25) is 0 Å². The molecule has 3 unspecified atom stereocenters. The molecule has 3 atom stereocenters. The summed E-state index contributed by atoms with van der Waals surface area (Å²) in [5.41, 5.74) is 3.04. The standard InChI is InChI=1S/C13H19N/c1-4-14-13-10(3)9(2)11-7-5-6-8-12(11)13/h5-10,13-14H,4H2,1-3H3. The van der Waals surface area contributed by atoms with Crippen molar-refractivity contribution in [3.63, 3.8) is 0 Å². The summed E-state index contributed by atoms with van der Waals surface area (Å²) in [5.74, 6) is 1.41. The van der Waals surface area contributed by atoms with E-state index in [0.717, 1.165) is 6.54 Å². The minimum Gasteiger partial charge on any atom is -0.310 e. The number of nitrogens with one attached hydrogen (secondary N) is 1. The average Bonchev–Trinajstić information content (AvgIpc) is 2.45. The summed E-state index contributed by atoms with van der Waals surface area (Å²) in [7, 11) is 0. The lowest BCUT2D eigenvalue weighted by molar-refractivity contribution is 0.386. The van der Waals surface area contributed by atoms with E-state index in [1.807, 2.05) is 0 Å². The van der Waals surface area contributed by atoms with Crippen molar-refractivity contribution in [1.29, 1.82) is 0 Å². The first kappa shape index (κ1) is 9.72. The largest absolute Gasteiger partial charge is 0.310 e. The molecular weight excluding hydrogens is 170 g/mol. The Hall–Kier alpha value is -0.820. The van der Waals surface area contributed by atoms with E-state index < -0.39 is 0 Å². The molecular formula is C13H19N. The van der Waals surface area contributed by atoms with E-state index in [1.54, 1.807) is 0 Å². The normalized spacial score (nSPS) is 30.4. The lowest BCUT2D eigenvalue weighted by Gasteiger charge is -2.19. The molecule has 1 aliphatic carbocycles. The van der Waals surface area contributed by atoms with Crippen LogP contribution in [0.5, 0.6) is 0 Å². The molecule has 0 fully saturated rings. The predicted octanol–water partition coefficient (Wildman–Crippen LogP) is 3.09. The summed E-state index contributed by atoms with van der Waals surface area (Å²) >= 11 is 0. The molecule has 1 heteroatoms. The number of fused-ring (bicyclic) bond motifs is 1. The summed E-state index contributed by atoms with van der Waals surface area (Å²) in [6.07, 6.45) is 0. The zero-order valence-corrected chi connectivity index (χ0v) is 9.25. The highest BCUT2D eigenvalue weighted by molar-refractivity contribution is 5.38. The number of benzene rings is 1. The maximum absolute atomic E-state index is 3.58. The molecule has 14 heavy (non-hydrogen) atoms. The number of hydrogen-bond acceptors (Lipinski definition) is 1. The van der Waals surface area contributed by atoms with Gasteiger partial charge in [0.25, 0.3) is 0 Å². The fourth-order valence-electron chi connectivity index (χ4n) is 2.58. The van der Waals surface area contributed by atoms with Crippen LogP contribution in [0.3, 0.4) is 0 Å². The van der Waals surface area contributed by atoms with Crippen molar-refractivity contribution in [1.82, 2.24) is 5.32 Å². The van der Waals surface area contributed by atoms with Gasteiger partial charge in [0.2, 0.25) is 0 Å². The van der Waals surface area contributed by atoms with E-state index in [1.165, 1.54) is 11.1 Å². The summed E-state index contributed by atoms with van der Waals surface area (Å²) in [5, 5.41) is 3.58. The molecule has 0 saturated carbocycles. The highest BCUT2D eigenvalue weighted by atomic mass is 14.9. The lowest BCUT2D eigenvalue weighted by Crippen LogP contribution is -2.24. The van der Waals surface area contributed by atoms with Gasteiger partial charge >= 0.3 is 0 Å². The number of hydrogen-bond donors (Lipinski definition) is 1. The first-order valence-corrected chi connectivity index (χ1v) is 5.58. The van der Waals surface area contributed by atoms with Gasteiger partial charge in [0.05, 0.1) is 0 Å². The quantitative estimate of drug-likeness (QED) is 0.754. The molecule has 1 N–H and O–H groups in total. The molecule has 1 aliphatic rings. The van der Waals surface area contributed by atoms with Crippen LogP contribution < -0.4 is 5.32 Å². The van der Waals surface area contributed by atoms with Crippen molar-refractivity contribution in [2.75, 3.05) is 6.54 Å². The van der Waals surface area contributed by atoms with Crippen LogP contribution in [0.2, 0.25) is 0 Å². The zero-order valence-electron chi connectivity index (χ0n) is 9.25. The summed E-state index contributed by atoms with van der Waals surface area (Å²) in [6.45, 7) is 7.91. The Kier molecular flexibility index (Phi) is 2.60. The van der Waals surface area contributed by atoms with Crippen LogP contribution in [-0.4, -0.2) is 6.54 Å². The average molecular weight is 189 g/mol. The van der Waals surface area contributed by atoms with Crippen molar-refractivity contribution in [2.24, 2.45) is 5.92 Å². The van der Waals surface area contributed by atoms with Crippen LogP contribution in [-0.2, 0) is 0 Å². The third kappa shape index (κ3) is 1.36. The van der Waals surface area contributed by atoms with Crippen molar-refractivity contribution >= 4 is 0 Å². The second-order valence-electron chi connectivity index (χ2n) is 4.31. The Labute approximate surface area is 86.5 Å². The third-order valence-electron chi connectivity index (χ3n) is 3.56. The van der Waals surface area contributed by atoms with Gasteiger partial charge in [-0.05, 0) is 29.5 Å². The molecule has 2 rings (SSSR count). The number of rotatable bonds is 2. The van der Waals surface area contributed by atoms with E-state index in [0.29, 0.717) is 17.9 Å². The zero-order chi connectivity index (χ0) is 10.1. The lowest BCUT2D eigenvalue weighted by atomic mass is 9.94. The van der Waals surface area contributed by atoms with Crippen LogP contribution >= 0.6 is 0 Å². The van der Waals surface area contributed by atoms with Crippen LogP contribution in [0.25, 0.3) is 0 Å². The maximum atomic E-state index is 3.58. The topological polar surface area (TPSA) is 12.0 Å². The van der Waals surface area contributed by atoms with Crippen LogP contribution in [0.1, 0.15) is 43.9 Å². The summed E-state index contributed by atoms with van der Waals surface area (Å²) in [6, 6.07) is 9.40. The van der Waals surface area contributed by atoms with Gasteiger partial charge in [-0.25, -0.2) is 0 Å². The first-order chi connectivity index (χ1) is 6.75. The molecule has 0 heterocycles. The second-order valence-corrected chi connectivity index (χ2v) is 4.31. The van der Waals surface area contributed by atoms with Gasteiger partial charge in [0.15, 0.2) is 0 Å². The second kappa shape index (κ2) is 3.74. The molecule has 1 nitrogen and oxygen atoms in total. The van der Waals surface area contributed by atoms with Gasteiger partial charge in [-0.1, -0.05) is 45.0 Å². The third-order valence-corrected chi connectivity index (χ3v) is 3.56. The molecule has 0 saturated heterocycles. The Bertz CT molecular complexity index is 319. The Morgan fingerprint density at radius 1 is 1.14 bits per heavy atom. The predicted molar refractivity (Wildman–Crippen MR) is 60.4 cm³/mol. The molecule has 1 aromatic rings. The van der Waals surface area contributed by atoms with Crippen molar-refractivity contribution in [2.45, 2.75) is 32.7 Å². The van der Waals surface area contributed by atoms with Crippen LogP contribution in [0, 0.1) is 5.92 Å². The van der Waals surface area contributed by atoms with Crippen LogP contribution in [0.15, 0.2) is 24.3 Å². The minimum absolute atomic E-state index is 0.561.